The summed E-state index contributed by atoms with van der Waals surface area (Å²) in [5.74, 6) is -0.199. The number of benzene rings is 2. The molecular formula is C34H35Cl2N3O6. The van der Waals surface area contributed by atoms with Crippen molar-refractivity contribution in [2.24, 2.45) is 5.92 Å². The van der Waals surface area contributed by atoms with E-state index in [1.807, 2.05) is 43.3 Å². The van der Waals surface area contributed by atoms with Gasteiger partial charge in [-0.2, -0.15) is 0 Å². The van der Waals surface area contributed by atoms with E-state index in [1.54, 1.807) is 38.0 Å². The normalized spacial score (nSPS) is 16.0. The van der Waals surface area contributed by atoms with E-state index in [2.05, 4.69) is 0 Å². The first-order valence-electron chi connectivity index (χ1n) is 14.9. The second-order valence-electron chi connectivity index (χ2n) is 12.6. The lowest BCUT2D eigenvalue weighted by Crippen LogP contribution is -2.53. The molecular weight excluding hydrogens is 617 g/mol. The Morgan fingerprint density at radius 1 is 1.18 bits per heavy atom. The summed E-state index contributed by atoms with van der Waals surface area (Å²) < 4.78 is 17.5. The molecule has 0 radical (unpaired) electrons. The van der Waals surface area contributed by atoms with Gasteiger partial charge in [0, 0.05) is 41.5 Å². The zero-order valence-corrected chi connectivity index (χ0v) is 27.1. The van der Waals surface area contributed by atoms with Crippen molar-refractivity contribution in [3.05, 3.63) is 92.3 Å². The number of aliphatic hydroxyl groups excluding tert-OH is 1. The van der Waals surface area contributed by atoms with Crippen LogP contribution in [0, 0.1) is 12.8 Å². The van der Waals surface area contributed by atoms with Gasteiger partial charge in [0.1, 0.15) is 17.8 Å². The van der Waals surface area contributed by atoms with E-state index in [9.17, 15) is 14.7 Å². The molecule has 6 rings (SSSR count). The number of carbonyl (C=O) groups is 2. The van der Waals surface area contributed by atoms with Crippen molar-refractivity contribution in [2.45, 2.75) is 59.0 Å². The van der Waals surface area contributed by atoms with Crippen LogP contribution in [0.5, 0.6) is 5.88 Å². The fourth-order valence-electron chi connectivity index (χ4n) is 5.85. The van der Waals surface area contributed by atoms with Gasteiger partial charge in [0.2, 0.25) is 5.88 Å². The monoisotopic (exact) mass is 651 g/mol. The Morgan fingerprint density at radius 2 is 1.91 bits per heavy atom. The van der Waals surface area contributed by atoms with Crippen LogP contribution in [0.3, 0.4) is 0 Å². The van der Waals surface area contributed by atoms with E-state index in [0.29, 0.717) is 65.8 Å². The van der Waals surface area contributed by atoms with Crippen LogP contribution in [-0.4, -0.2) is 57.1 Å². The number of aliphatic hydroxyl groups is 1. The molecule has 2 aliphatic heterocycles. The lowest BCUT2D eigenvalue weighted by molar-refractivity contribution is -0.0314. The number of halogens is 2. The number of furan rings is 1. The second kappa shape index (κ2) is 12.2. The van der Waals surface area contributed by atoms with Crippen LogP contribution in [0.4, 0.5) is 4.79 Å². The zero-order valence-electron chi connectivity index (χ0n) is 25.6. The minimum Gasteiger partial charge on any atom is -0.472 e. The number of likely N-dealkylation sites (tertiary alicyclic amines) is 1. The van der Waals surface area contributed by atoms with Crippen molar-refractivity contribution < 1.29 is 28.6 Å². The van der Waals surface area contributed by atoms with Crippen LogP contribution < -0.4 is 4.74 Å². The van der Waals surface area contributed by atoms with Gasteiger partial charge in [0.05, 0.1) is 40.8 Å². The third-order valence-electron chi connectivity index (χ3n) is 8.23. The van der Waals surface area contributed by atoms with Gasteiger partial charge in [-0.15, -0.1) is 0 Å². The summed E-state index contributed by atoms with van der Waals surface area (Å²) in [6, 6.07) is 13.3. The fourth-order valence-corrected chi connectivity index (χ4v) is 6.51. The number of aryl methyl sites for hydroxylation is 1. The topological polar surface area (TPSA) is 105 Å². The quantitative estimate of drug-likeness (QED) is 0.227. The molecule has 45 heavy (non-hydrogen) atoms. The third-order valence-corrected chi connectivity index (χ3v) is 8.97. The van der Waals surface area contributed by atoms with Crippen LogP contribution in [-0.2, 0) is 24.3 Å². The molecule has 9 nitrogen and oxygen atoms in total. The van der Waals surface area contributed by atoms with Gasteiger partial charge in [-0.1, -0.05) is 53.5 Å². The summed E-state index contributed by atoms with van der Waals surface area (Å²) in [4.78, 5) is 34.4. The molecule has 0 bridgehead atoms. The number of amides is 2. The summed E-state index contributed by atoms with van der Waals surface area (Å²) >= 11 is 13.6. The number of fused-ring (bicyclic) bond motifs is 2. The molecule has 1 N–H and O–H groups in total. The summed E-state index contributed by atoms with van der Waals surface area (Å²) in [6.45, 7) is 8.77. The van der Waals surface area contributed by atoms with E-state index in [1.165, 1.54) is 4.90 Å². The predicted octanol–water partition coefficient (Wildman–Crippen LogP) is 7.12. The maximum Gasteiger partial charge on any atom is 0.410 e. The van der Waals surface area contributed by atoms with Crippen LogP contribution in [0.15, 0.2) is 53.1 Å². The predicted molar refractivity (Wildman–Crippen MR) is 171 cm³/mol. The van der Waals surface area contributed by atoms with Crippen molar-refractivity contribution >= 4 is 46.2 Å². The number of pyridine rings is 1. The molecule has 1 fully saturated rings. The van der Waals surface area contributed by atoms with E-state index in [4.69, 9.17) is 42.1 Å². The highest BCUT2D eigenvalue weighted by atomic mass is 35.5. The molecule has 236 valence electrons. The Hall–Kier alpha value is -3.79. The van der Waals surface area contributed by atoms with Crippen LogP contribution in [0.2, 0.25) is 10.0 Å². The largest absolute Gasteiger partial charge is 0.472 e. The third kappa shape index (κ3) is 6.21. The van der Waals surface area contributed by atoms with Gasteiger partial charge in [0.15, 0.2) is 0 Å². The number of hydrogen-bond acceptors (Lipinski definition) is 7. The van der Waals surface area contributed by atoms with Crippen LogP contribution in [0.25, 0.3) is 11.0 Å². The first kappa shape index (κ1) is 31.2. The highest BCUT2D eigenvalue weighted by Gasteiger charge is 2.40. The van der Waals surface area contributed by atoms with E-state index in [-0.39, 0.29) is 29.0 Å². The highest BCUT2D eigenvalue weighted by molar-refractivity contribution is 6.37. The molecule has 2 aromatic heterocycles. The molecule has 4 heterocycles. The van der Waals surface area contributed by atoms with Gasteiger partial charge in [-0.05, 0) is 57.4 Å². The smallest absolute Gasteiger partial charge is 0.410 e. The highest BCUT2D eigenvalue weighted by Crippen LogP contribution is 2.42. The number of hydrogen-bond donors (Lipinski definition) is 1. The average molecular weight is 653 g/mol. The van der Waals surface area contributed by atoms with E-state index in [0.717, 1.165) is 16.6 Å². The Labute approximate surface area is 271 Å². The van der Waals surface area contributed by atoms with Crippen LogP contribution in [0.1, 0.15) is 65.2 Å². The molecule has 2 aromatic carbocycles. The zero-order chi connectivity index (χ0) is 32.0. The van der Waals surface area contributed by atoms with Gasteiger partial charge < -0.3 is 28.8 Å². The molecule has 1 atom stereocenters. The number of ether oxygens (including phenoxy) is 2. The van der Waals surface area contributed by atoms with Crippen molar-refractivity contribution in [1.82, 2.24) is 14.8 Å². The maximum absolute atomic E-state index is 14.1. The van der Waals surface area contributed by atoms with E-state index < -0.39 is 17.8 Å². The Kier molecular flexibility index (Phi) is 8.45. The molecule has 1 saturated heterocycles. The Balaban J connectivity index is 1.25. The molecule has 11 heteroatoms. The molecule has 0 spiro atoms. The molecule has 4 aromatic rings. The molecule has 2 aliphatic rings. The minimum absolute atomic E-state index is 0.165. The molecule has 1 unspecified atom stereocenters. The van der Waals surface area contributed by atoms with Gasteiger partial charge >= 0.3 is 6.09 Å². The SMILES string of the molecule is Cc1nc(OCc2ccccc2)c(CN2CCc3c(Cl)cc(C(O)C4CN(C(=O)OC(C)(C)C)C4)c(Cl)c3C2=O)c2occc12. The summed E-state index contributed by atoms with van der Waals surface area (Å²) in [7, 11) is 0. The summed E-state index contributed by atoms with van der Waals surface area (Å²) in [5.41, 5.74) is 3.68. The molecule has 0 aliphatic carbocycles. The number of nitrogens with zero attached hydrogens (tertiary/aromatic N) is 3. The second-order valence-corrected chi connectivity index (χ2v) is 13.4. The van der Waals surface area contributed by atoms with Gasteiger partial charge in [-0.25, -0.2) is 9.78 Å². The fraction of sp³-hybridized carbons (Fsp3) is 0.382. The summed E-state index contributed by atoms with van der Waals surface area (Å²) in [6.07, 6.45) is 0.623. The van der Waals surface area contributed by atoms with Crippen molar-refractivity contribution in [3.8, 4) is 5.88 Å². The van der Waals surface area contributed by atoms with Crippen molar-refractivity contribution in [2.75, 3.05) is 19.6 Å². The van der Waals surface area contributed by atoms with Gasteiger partial charge in [0.25, 0.3) is 5.91 Å². The first-order chi connectivity index (χ1) is 21.4. The lowest BCUT2D eigenvalue weighted by Gasteiger charge is -2.42. The van der Waals surface area contributed by atoms with Crippen LogP contribution >= 0.6 is 23.2 Å². The summed E-state index contributed by atoms with van der Waals surface area (Å²) in [5, 5.41) is 12.7. The number of rotatable bonds is 7. The number of carbonyl (C=O) groups excluding carboxylic acids is 2. The first-order valence-corrected chi connectivity index (χ1v) is 15.7. The molecule has 2 amide bonds. The Morgan fingerprint density at radius 3 is 2.62 bits per heavy atom. The Bertz CT molecular complexity index is 1760. The number of aromatic nitrogens is 1. The van der Waals surface area contributed by atoms with Crippen molar-refractivity contribution in [3.63, 3.8) is 0 Å². The molecule has 0 saturated carbocycles. The van der Waals surface area contributed by atoms with Gasteiger partial charge in [-0.3, -0.25) is 4.79 Å². The van der Waals surface area contributed by atoms with Crippen molar-refractivity contribution in [1.29, 1.82) is 0 Å². The van der Waals surface area contributed by atoms with E-state index >= 15 is 0 Å². The standard InChI is InChI=1S/C34H35Cl2N3O6/c1-19-22-11-13-43-30(22)25(31(37-19)44-18-20-8-6-5-7-9-20)17-38-12-10-23-26(35)14-24(28(36)27(23)32(38)41)29(40)21-15-39(16-21)33(42)45-34(2,3)4/h5-9,11,13-14,21,29,40H,10,12,15-18H2,1-4H3. The lowest BCUT2D eigenvalue weighted by atomic mass is 9.86. The maximum atomic E-state index is 14.1. The minimum atomic E-state index is -1.02. The average Bonchev–Trinajstić information content (AvgIpc) is 3.46.